The smallest absolute Gasteiger partial charge is 0.413 e. The summed E-state index contributed by atoms with van der Waals surface area (Å²) in [4.78, 5) is 78.1. The molecule has 2 aliphatic carbocycles. The number of aromatic nitrogens is 2. The van der Waals surface area contributed by atoms with Crippen LogP contribution in [0.25, 0.3) is 22.3 Å². The van der Waals surface area contributed by atoms with Gasteiger partial charge < -0.3 is 39.2 Å². The molecule has 1 saturated heterocycles. The van der Waals surface area contributed by atoms with Gasteiger partial charge in [-0.1, -0.05) is 26.8 Å². The van der Waals surface area contributed by atoms with E-state index in [4.69, 9.17) is 28.7 Å². The molecule has 0 radical (unpaired) electrons. The summed E-state index contributed by atoms with van der Waals surface area (Å²) in [7, 11) is 2.80. The maximum absolute atomic E-state index is 14.7. The number of nitrogens with zero attached hydrogens (tertiary/aromatic N) is 3. The van der Waals surface area contributed by atoms with Crippen LogP contribution in [-0.4, -0.2) is 102 Å². The molecule has 17 heteroatoms. The Bertz CT molecular complexity index is 2060. The Kier molecular flexibility index (Phi) is 12.5. The molecular weight excluding hydrogens is 769 g/mol. The molecule has 1 aromatic carbocycles. The van der Waals surface area contributed by atoms with E-state index in [-0.39, 0.29) is 31.1 Å². The number of hydrogen-bond acceptors (Lipinski definition) is 13. The van der Waals surface area contributed by atoms with Crippen LogP contribution in [0.15, 0.2) is 42.3 Å². The van der Waals surface area contributed by atoms with Crippen molar-refractivity contribution in [3.05, 3.63) is 42.3 Å². The summed E-state index contributed by atoms with van der Waals surface area (Å²) in [5, 5.41) is 11.0. The highest BCUT2D eigenvalue weighted by atomic mass is 32.1. The molecule has 3 N–H and O–H groups in total. The molecule has 2 aromatic heterocycles. The third-order valence-corrected chi connectivity index (χ3v) is 11.3. The number of methoxy groups -OCH3 is 2. The maximum Gasteiger partial charge on any atom is 0.413 e. The summed E-state index contributed by atoms with van der Waals surface area (Å²) in [6.07, 6.45) is 2.78. The number of thiazole rings is 1. The number of alkyl carbamates (subject to hydrolysis) is 1. The minimum Gasteiger partial charge on any atom is -0.497 e. The van der Waals surface area contributed by atoms with Crippen LogP contribution in [0.2, 0.25) is 0 Å². The second kappa shape index (κ2) is 17.2. The molecule has 0 spiro atoms. The molecular formula is C41H52N6O10S. The van der Waals surface area contributed by atoms with Gasteiger partial charge >= 0.3 is 18.2 Å². The van der Waals surface area contributed by atoms with Gasteiger partial charge in [-0.2, -0.15) is 0 Å². The van der Waals surface area contributed by atoms with E-state index in [0.29, 0.717) is 45.3 Å². The molecule has 6 rings (SSSR count). The standard InChI is InChI=1S/C41H52N6O10S/c1-9-23-19-41(23,36(50)54-8)46-34(48)31-17-26(20-47(31)35(49)33(40(4,5)6)44-38(51)57-24-12-10-11-13-24)56-32-18-29(42-28-16-25(53-7)14-15-27(28)32)30-21-58-37(43-30)45-39(52)55-22(2)3/h9,14-16,18,21-24,26,31,33H,1,10-13,17,19-20H2,2-8H3,(H,44,51)(H,46,48)(H,43,45,52)/t23-,26-,31+,33-,41-/m1/s1. The van der Waals surface area contributed by atoms with Gasteiger partial charge in [-0.05, 0) is 63.5 Å². The molecule has 2 saturated carbocycles. The normalized spacial score (nSPS) is 22.2. The Labute approximate surface area is 341 Å². The highest BCUT2D eigenvalue weighted by Crippen LogP contribution is 2.46. The van der Waals surface area contributed by atoms with E-state index in [1.165, 1.54) is 23.3 Å². The number of fused-ring (bicyclic) bond motifs is 1. The number of rotatable bonds is 13. The Morgan fingerprint density at radius 3 is 2.40 bits per heavy atom. The first-order chi connectivity index (χ1) is 27.5. The highest BCUT2D eigenvalue weighted by Gasteiger charge is 2.62. The molecule has 3 aromatic rings. The summed E-state index contributed by atoms with van der Waals surface area (Å²) in [5.41, 5.74) is -0.685. The lowest BCUT2D eigenvalue weighted by Gasteiger charge is -2.35. The zero-order valence-corrected chi connectivity index (χ0v) is 34.7. The number of amides is 4. The lowest BCUT2D eigenvalue weighted by molar-refractivity contribution is -0.148. The molecule has 3 aliphatic rings. The Morgan fingerprint density at radius 2 is 1.76 bits per heavy atom. The number of carbonyl (C=O) groups is 5. The fourth-order valence-electron chi connectivity index (χ4n) is 7.48. The van der Waals surface area contributed by atoms with E-state index in [0.717, 1.165) is 25.7 Å². The number of pyridine rings is 1. The number of ether oxygens (including phenoxy) is 5. The monoisotopic (exact) mass is 820 g/mol. The number of anilines is 1. The Morgan fingerprint density at radius 1 is 1.02 bits per heavy atom. The largest absolute Gasteiger partial charge is 0.497 e. The molecule has 4 amide bonds. The predicted molar refractivity (Wildman–Crippen MR) is 215 cm³/mol. The number of nitrogens with one attached hydrogen (secondary N) is 3. The number of benzene rings is 1. The molecule has 58 heavy (non-hydrogen) atoms. The molecule has 16 nitrogen and oxygen atoms in total. The van der Waals surface area contributed by atoms with Crippen molar-refractivity contribution in [2.45, 2.75) is 109 Å². The van der Waals surface area contributed by atoms with E-state index in [1.54, 1.807) is 56.7 Å². The van der Waals surface area contributed by atoms with E-state index < -0.39 is 59.1 Å². The minimum atomic E-state index is -1.31. The first kappa shape index (κ1) is 42.2. The van der Waals surface area contributed by atoms with Gasteiger partial charge in [0, 0.05) is 35.2 Å². The quantitative estimate of drug-likeness (QED) is 0.104. The van der Waals surface area contributed by atoms with Crippen LogP contribution in [0.3, 0.4) is 0 Å². The van der Waals surface area contributed by atoms with Gasteiger partial charge in [-0.3, -0.25) is 14.9 Å². The lowest BCUT2D eigenvalue weighted by atomic mass is 9.85. The number of esters is 1. The van der Waals surface area contributed by atoms with Crippen LogP contribution in [-0.2, 0) is 28.6 Å². The van der Waals surface area contributed by atoms with Crippen molar-refractivity contribution in [2.75, 3.05) is 26.1 Å². The first-order valence-electron chi connectivity index (χ1n) is 19.4. The van der Waals surface area contributed by atoms with Crippen molar-refractivity contribution >= 4 is 57.3 Å². The van der Waals surface area contributed by atoms with E-state index in [1.807, 2.05) is 20.8 Å². The summed E-state index contributed by atoms with van der Waals surface area (Å²) in [6.45, 7) is 12.7. The van der Waals surface area contributed by atoms with E-state index in [2.05, 4.69) is 27.5 Å². The van der Waals surface area contributed by atoms with Crippen LogP contribution in [0.5, 0.6) is 11.5 Å². The number of carbonyl (C=O) groups excluding carboxylic acids is 5. The number of likely N-dealkylation sites (tertiary alicyclic amines) is 1. The average Bonchev–Trinajstić information content (AvgIpc) is 3.60. The topological polar surface area (TPSA) is 197 Å². The second-order valence-electron chi connectivity index (χ2n) is 16.2. The fourth-order valence-corrected chi connectivity index (χ4v) is 8.17. The average molecular weight is 821 g/mol. The van der Waals surface area contributed by atoms with Gasteiger partial charge in [0.2, 0.25) is 11.8 Å². The minimum absolute atomic E-state index is 0.0308. The van der Waals surface area contributed by atoms with Crippen molar-refractivity contribution in [3.8, 4) is 22.9 Å². The van der Waals surface area contributed by atoms with E-state index >= 15 is 0 Å². The third-order valence-electron chi connectivity index (χ3n) is 10.6. The Balaban J connectivity index is 1.32. The van der Waals surface area contributed by atoms with Crippen molar-refractivity contribution < 1.29 is 47.7 Å². The summed E-state index contributed by atoms with van der Waals surface area (Å²) in [6, 6.07) is 4.87. The molecule has 1 aliphatic heterocycles. The zero-order chi connectivity index (χ0) is 41.9. The van der Waals surface area contributed by atoms with Gasteiger partial charge in [-0.15, -0.1) is 17.9 Å². The third kappa shape index (κ3) is 9.30. The maximum atomic E-state index is 14.7. The van der Waals surface area contributed by atoms with E-state index in [9.17, 15) is 24.0 Å². The zero-order valence-electron chi connectivity index (χ0n) is 33.9. The van der Waals surface area contributed by atoms with Crippen molar-refractivity contribution in [1.82, 2.24) is 25.5 Å². The highest BCUT2D eigenvalue weighted by molar-refractivity contribution is 7.14. The molecule has 3 heterocycles. The van der Waals surface area contributed by atoms with Crippen molar-refractivity contribution in [1.29, 1.82) is 0 Å². The van der Waals surface area contributed by atoms with Crippen molar-refractivity contribution in [3.63, 3.8) is 0 Å². The van der Waals surface area contributed by atoms with Crippen LogP contribution in [0.4, 0.5) is 14.7 Å². The molecule has 0 unspecified atom stereocenters. The summed E-state index contributed by atoms with van der Waals surface area (Å²) >= 11 is 1.20. The molecule has 3 fully saturated rings. The lowest BCUT2D eigenvalue weighted by Crippen LogP contribution is -2.59. The first-order valence-corrected chi connectivity index (χ1v) is 20.3. The number of hydrogen-bond donors (Lipinski definition) is 3. The fraction of sp³-hybridized carbons (Fsp3) is 0.537. The van der Waals surface area contributed by atoms with Gasteiger partial charge in [0.25, 0.3) is 0 Å². The Hall–Kier alpha value is -5.45. The van der Waals surface area contributed by atoms with Gasteiger partial charge in [-0.25, -0.2) is 24.4 Å². The molecule has 312 valence electrons. The van der Waals surface area contributed by atoms with Gasteiger partial charge in [0.1, 0.15) is 47.0 Å². The van der Waals surface area contributed by atoms with Gasteiger partial charge in [0.05, 0.1) is 38.1 Å². The summed E-state index contributed by atoms with van der Waals surface area (Å²) < 4.78 is 28.1. The van der Waals surface area contributed by atoms with Crippen LogP contribution in [0.1, 0.15) is 73.1 Å². The predicted octanol–water partition coefficient (Wildman–Crippen LogP) is 5.99. The van der Waals surface area contributed by atoms with Crippen molar-refractivity contribution in [2.24, 2.45) is 11.3 Å². The molecule has 5 atom stereocenters. The van der Waals surface area contributed by atoms with Crippen LogP contribution in [0, 0.1) is 11.3 Å². The van der Waals surface area contributed by atoms with Crippen LogP contribution < -0.4 is 25.4 Å². The SMILES string of the molecule is C=C[C@@H]1C[C@]1(NC(=O)[C@@H]1C[C@@H](Oc2cc(-c3csc(NC(=O)OC(C)C)n3)nc3cc(OC)ccc23)CN1C(=O)[C@@H](NC(=O)OC1CCCC1)C(C)(C)C)C(=O)OC. The van der Waals surface area contributed by atoms with Gasteiger partial charge in [0.15, 0.2) is 5.13 Å². The molecule has 0 bridgehead atoms. The second-order valence-corrected chi connectivity index (χ2v) is 17.1. The van der Waals surface area contributed by atoms with Crippen LogP contribution >= 0.6 is 11.3 Å². The summed E-state index contributed by atoms with van der Waals surface area (Å²) in [5.74, 6) is -1.08.